The van der Waals surface area contributed by atoms with E-state index in [1.807, 2.05) is 23.0 Å². The molecule has 0 aromatic carbocycles. The van der Waals surface area contributed by atoms with Gasteiger partial charge in [0.25, 0.3) is 0 Å². The highest BCUT2D eigenvalue weighted by molar-refractivity contribution is 7.16. The quantitative estimate of drug-likeness (QED) is 0.924. The van der Waals surface area contributed by atoms with E-state index >= 15 is 0 Å². The maximum Gasteiger partial charge on any atom is 0.0931 e. The second-order valence-electron chi connectivity index (χ2n) is 4.27. The molecule has 2 heterocycles. The Balaban J connectivity index is 2.06. The lowest BCUT2D eigenvalue weighted by Gasteiger charge is -2.07. The second kappa shape index (κ2) is 5.21. The maximum atomic E-state index is 10.1. The van der Waals surface area contributed by atoms with Crippen molar-refractivity contribution in [2.75, 3.05) is 0 Å². The zero-order valence-electron chi connectivity index (χ0n) is 9.80. The summed E-state index contributed by atoms with van der Waals surface area (Å²) in [5.41, 5.74) is 0.850. The van der Waals surface area contributed by atoms with Crippen LogP contribution in [0.2, 0.25) is 4.34 Å². The predicted molar refractivity (Wildman–Crippen MR) is 70.6 cm³/mol. The van der Waals surface area contributed by atoms with Gasteiger partial charge in [-0.25, -0.2) is 0 Å². The fraction of sp³-hybridized carbons (Fsp3) is 0.417. The van der Waals surface area contributed by atoms with Gasteiger partial charge in [-0.15, -0.1) is 11.3 Å². The van der Waals surface area contributed by atoms with Gasteiger partial charge >= 0.3 is 0 Å². The van der Waals surface area contributed by atoms with Gasteiger partial charge in [0, 0.05) is 29.1 Å². The van der Waals surface area contributed by atoms with Crippen LogP contribution in [0.1, 0.15) is 36.4 Å². The molecule has 0 aliphatic rings. The summed E-state index contributed by atoms with van der Waals surface area (Å²) < 4.78 is 2.60. The molecule has 17 heavy (non-hydrogen) atoms. The molecule has 92 valence electrons. The molecule has 5 heteroatoms. The van der Waals surface area contributed by atoms with Gasteiger partial charge in [0.15, 0.2) is 0 Å². The zero-order chi connectivity index (χ0) is 12.4. The van der Waals surface area contributed by atoms with Crippen molar-refractivity contribution in [1.82, 2.24) is 9.78 Å². The van der Waals surface area contributed by atoms with Gasteiger partial charge in [-0.3, -0.25) is 4.68 Å². The number of nitrogens with zero attached hydrogens (tertiary/aromatic N) is 2. The molecule has 0 aliphatic heterocycles. The number of thiophene rings is 1. The summed E-state index contributed by atoms with van der Waals surface area (Å²) in [6.45, 7) is 4.12. The molecule has 0 bridgehead atoms. The average Bonchev–Trinajstić information content (AvgIpc) is 2.86. The number of halogens is 1. The molecule has 0 fully saturated rings. The highest BCUT2D eigenvalue weighted by atomic mass is 35.5. The molecular formula is C12H15ClN2OS. The first-order valence-electron chi connectivity index (χ1n) is 5.52. The molecule has 3 nitrogen and oxygen atoms in total. The third-order valence-corrected chi connectivity index (χ3v) is 3.81. The van der Waals surface area contributed by atoms with Crippen LogP contribution in [0, 0.1) is 0 Å². The number of hydrogen-bond donors (Lipinski definition) is 1. The van der Waals surface area contributed by atoms with Gasteiger partial charge < -0.3 is 5.11 Å². The maximum absolute atomic E-state index is 10.1. The van der Waals surface area contributed by atoms with Crippen LogP contribution in [0.15, 0.2) is 24.5 Å². The molecule has 0 spiro atoms. The van der Waals surface area contributed by atoms with E-state index in [9.17, 15) is 5.11 Å². The van der Waals surface area contributed by atoms with E-state index in [1.54, 1.807) is 6.20 Å². The van der Waals surface area contributed by atoms with E-state index < -0.39 is 6.10 Å². The molecule has 2 aromatic heterocycles. The first kappa shape index (κ1) is 12.6. The molecule has 0 amide bonds. The monoisotopic (exact) mass is 270 g/mol. The average molecular weight is 271 g/mol. The number of rotatable bonds is 4. The van der Waals surface area contributed by atoms with Crippen LogP contribution in [0.4, 0.5) is 0 Å². The fourth-order valence-corrected chi connectivity index (χ4v) is 2.70. The first-order chi connectivity index (χ1) is 8.06. The number of hydrogen-bond acceptors (Lipinski definition) is 3. The summed E-state index contributed by atoms with van der Waals surface area (Å²) in [4.78, 5) is 1.08. The smallest absolute Gasteiger partial charge is 0.0931 e. The second-order valence-corrected chi connectivity index (χ2v) is 6.07. The SMILES string of the molecule is CC(C)n1cc(C(O)Cc2ccc(Cl)s2)cn1. The Morgan fingerprint density at radius 3 is 2.76 bits per heavy atom. The van der Waals surface area contributed by atoms with Gasteiger partial charge in [-0.1, -0.05) is 11.6 Å². The van der Waals surface area contributed by atoms with E-state index in [-0.39, 0.29) is 0 Å². The number of aromatic nitrogens is 2. The zero-order valence-corrected chi connectivity index (χ0v) is 11.4. The van der Waals surface area contributed by atoms with Crippen LogP contribution in [0.25, 0.3) is 0 Å². The van der Waals surface area contributed by atoms with Crippen molar-refractivity contribution in [3.8, 4) is 0 Å². The Morgan fingerprint density at radius 1 is 1.47 bits per heavy atom. The van der Waals surface area contributed by atoms with E-state index in [0.717, 1.165) is 14.8 Å². The fourth-order valence-electron chi connectivity index (χ4n) is 1.58. The van der Waals surface area contributed by atoms with Crippen molar-refractivity contribution in [2.45, 2.75) is 32.4 Å². The number of aliphatic hydroxyl groups is 1. The van der Waals surface area contributed by atoms with Crippen LogP contribution < -0.4 is 0 Å². The van der Waals surface area contributed by atoms with Gasteiger partial charge in [-0.2, -0.15) is 5.10 Å². The van der Waals surface area contributed by atoms with E-state index in [4.69, 9.17) is 11.6 Å². The minimum Gasteiger partial charge on any atom is -0.388 e. The molecule has 2 aromatic rings. The Hall–Kier alpha value is -0.840. The van der Waals surface area contributed by atoms with Crippen LogP contribution in [0.3, 0.4) is 0 Å². The molecule has 0 radical (unpaired) electrons. The molecule has 0 saturated heterocycles. The molecule has 1 atom stereocenters. The third-order valence-electron chi connectivity index (χ3n) is 2.56. The van der Waals surface area contributed by atoms with Crippen molar-refractivity contribution in [3.05, 3.63) is 39.3 Å². The van der Waals surface area contributed by atoms with Crippen LogP contribution in [-0.2, 0) is 6.42 Å². The standard InChI is InChI=1S/C12H15ClN2OS/c1-8(2)15-7-9(6-14-15)11(16)5-10-3-4-12(13)17-10/h3-4,6-8,11,16H,5H2,1-2H3. The van der Waals surface area contributed by atoms with Crippen molar-refractivity contribution in [1.29, 1.82) is 0 Å². The summed E-state index contributed by atoms with van der Waals surface area (Å²) in [6, 6.07) is 4.11. The van der Waals surface area contributed by atoms with Gasteiger partial charge in [0.1, 0.15) is 0 Å². The summed E-state index contributed by atoms with van der Waals surface area (Å²) in [5.74, 6) is 0. The first-order valence-corrected chi connectivity index (χ1v) is 6.72. The van der Waals surface area contributed by atoms with Crippen LogP contribution >= 0.6 is 22.9 Å². The Kier molecular flexibility index (Phi) is 3.86. The number of aliphatic hydroxyl groups excluding tert-OH is 1. The summed E-state index contributed by atoms with van der Waals surface area (Å²) in [6.07, 6.45) is 3.68. The molecule has 0 aliphatic carbocycles. The largest absolute Gasteiger partial charge is 0.388 e. The van der Waals surface area contributed by atoms with E-state index in [0.29, 0.717) is 12.5 Å². The summed E-state index contributed by atoms with van der Waals surface area (Å²) >= 11 is 7.36. The lowest BCUT2D eigenvalue weighted by Crippen LogP contribution is -2.01. The highest BCUT2D eigenvalue weighted by Gasteiger charge is 2.13. The predicted octanol–water partition coefficient (Wildman–Crippen LogP) is 3.46. The van der Waals surface area contributed by atoms with E-state index in [1.165, 1.54) is 11.3 Å². The highest BCUT2D eigenvalue weighted by Crippen LogP contribution is 2.26. The molecule has 1 unspecified atom stereocenters. The van der Waals surface area contributed by atoms with E-state index in [2.05, 4.69) is 18.9 Å². The summed E-state index contributed by atoms with van der Waals surface area (Å²) in [7, 11) is 0. The van der Waals surface area contributed by atoms with Gasteiger partial charge in [-0.05, 0) is 26.0 Å². The molecule has 2 rings (SSSR count). The molecular weight excluding hydrogens is 256 g/mol. The normalized spacial score (nSPS) is 13.2. The Labute approximate surface area is 110 Å². The Morgan fingerprint density at radius 2 is 2.24 bits per heavy atom. The van der Waals surface area contributed by atoms with Gasteiger partial charge in [0.05, 0.1) is 16.6 Å². The van der Waals surface area contributed by atoms with Crippen molar-refractivity contribution in [2.24, 2.45) is 0 Å². The lowest BCUT2D eigenvalue weighted by atomic mass is 10.1. The van der Waals surface area contributed by atoms with Crippen molar-refractivity contribution in [3.63, 3.8) is 0 Å². The Bertz CT molecular complexity index is 492. The molecule has 0 saturated carbocycles. The third kappa shape index (κ3) is 3.09. The summed E-state index contributed by atoms with van der Waals surface area (Å²) in [5, 5.41) is 14.3. The lowest BCUT2D eigenvalue weighted by molar-refractivity contribution is 0.179. The van der Waals surface area contributed by atoms with Crippen LogP contribution in [-0.4, -0.2) is 14.9 Å². The molecule has 1 N–H and O–H groups in total. The topological polar surface area (TPSA) is 38.0 Å². The minimum absolute atomic E-state index is 0.312. The van der Waals surface area contributed by atoms with Crippen molar-refractivity contribution < 1.29 is 5.11 Å². The minimum atomic E-state index is -0.516. The van der Waals surface area contributed by atoms with Gasteiger partial charge in [0.2, 0.25) is 0 Å². The van der Waals surface area contributed by atoms with Crippen LogP contribution in [0.5, 0.6) is 0 Å². The van der Waals surface area contributed by atoms with Crippen molar-refractivity contribution >= 4 is 22.9 Å².